The van der Waals surface area contributed by atoms with Crippen molar-refractivity contribution in [1.82, 2.24) is 0 Å². The molecule has 0 aromatic rings. The maximum atomic E-state index is 11.5. The fraction of sp³-hybridized carbons (Fsp3) is 1.00. The Kier molecular flexibility index (Phi) is 6.60. The van der Waals surface area contributed by atoms with Crippen LogP contribution >= 0.6 is 0 Å². The molecule has 5 aliphatic rings. The minimum absolute atomic E-state index is 0.0271. The van der Waals surface area contributed by atoms with Gasteiger partial charge in [0, 0.05) is 0 Å². The van der Waals surface area contributed by atoms with Crippen molar-refractivity contribution in [2.75, 3.05) is 0 Å². The van der Waals surface area contributed by atoms with Gasteiger partial charge in [-0.3, -0.25) is 0 Å². The summed E-state index contributed by atoms with van der Waals surface area (Å²) in [6.07, 6.45) is 10.4. The quantitative estimate of drug-likeness (QED) is 0.344. The van der Waals surface area contributed by atoms with Crippen molar-refractivity contribution in [2.45, 2.75) is 144 Å². The van der Waals surface area contributed by atoms with Crippen LogP contribution in [0.5, 0.6) is 0 Å². The first-order valence-corrected chi connectivity index (χ1v) is 15.4. The van der Waals surface area contributed by atoms with Crippen molar-refractivity contribution in [3.63, 3.8) is 0 Å². The van der Waals surface area contributed by atoms with E-state index in [1.807, 2.05) is 0 Å². The molecule has 5 saturated carbocycles. The molecule has 4 heteroatoms. The molecule has 0 aromatic carbocycles. The van der Waals surface area contributed by atoms with Gasteiger partial charge in [0.15, 0.2) is 6.29 Å². The van der Waals surface area contributed by atoms with Crippen LogP contribution in [0.2, 0.25) is 0 Å². The number of ether oxygens (including phenoxy) is 1. The zero-order chi connectivity index (χ0) is 26.5. The minimum atomic E-state index is -0.732. The van der Waals surface area contributed by atoms with Crippen molar-refractivity contribution in [1.29, 1.82) is 0 Å². The maximum Gasteiger partial charge on any atom is 0.152 e. The predicted octanol–water partition coefficient (Wildman–Crippen LogP) is 6.55. The lowest BCUT2D eigenvalue weighted by Crippen LogP contribution is -2.54. The Hall–Kier alpha value is -0.160. The van der Waals surface area contributed by atoms with Crippen LogP contribution in [0, 0.1) is 57.2 Å². The molecule has 0 aromatic heterocycles. The van der Waals surface area contributed by atoms with Crippen LogP contribution in [0.3, 0.4) is 0 Å². The normalized spacial score (nSPS) is 50.9. The standard InChI is InChI=1S/C32H56O4/c1-19(10-9-14-28(4,5)36-21(3)33)27-24(34)18-23-22-11-12-25-29(6,7)26(35)13-15-32(25)20(2)31(22,32)17-16-30(23,27)8/h19-27,33-35H,9-18H2,1-8H3. The molecular formula is C32H56O4. The lowest BCUT2D eigenvalue weighted by molar-refractivity contribution is -0.165. The van der Waals surface area contributed by atoms with Crippen LogP contribution in [0.25, 0.3) is 0 Å². The number of aliphatic hydroxyl groups is 3. The number of rotatable bonds is 7. The van der Waals surface area contributed by atoms with E-state index >= 15 is 0 Å². The molecule has 208 valence electrons. The average molecular weight is 505 g/mol. The summed E-state index contributed by atoms with van der Waals surface area (Å²) < 4.78 is 5.71. The molecular weight excluding hydrogens is 448 g/mol. The molecule has 36 heavy (non-hydrogen) atoms. The molecule has 4 nitrogen and oxygen atoms in total. The van der Waals surface area contributed by atoms with E-state index in [4.69, 9.17) is 4.74 Å². The summed E-state index contributed by atoms with van der Waals surface area (Å²) in [6, 6.07) is 0. The van der Waals surface area contributed by atoms with Gasteiger partial charge < -0.3 is 20.1 Å². The smallest absolute Gasteiger partial charge is 0.152 e. The molecule has 2 spiro atoms. The predicted molar refractivity (Wildman–Crippen MR) is 144 cm³/mol. The highest BCUT2D eigenvalue weighted by atomic mass is 16.6. The topological polar surface area (TPSA) is 69.9 Å². The van der Waals surface area contributed by atoms with Gasteiger partial charge in [-0.2, -0.15) is 0 Å². The highest BCUT2D eigenvalue weighted by Gasteiger charge is 2.84. The van der Waals surface area contributed by atoms with Gasteiger partial charge in [0.1, 0.15) is 0 Å². The fourth-order valence-electron chi connectivity index (χ4n) is 12.3. The summed E-state index contributed by atoms with van der Waals surface area (Å²) in [7, 11) is 0. The van der Waals surface area contributed by atoms with Crippen molar-refractivity contribution in [3.8, 4) is 0 Å². The Morgan fingerprint density at radius 2 is 1.64 bits per heavy atom. The molecule has 12 unspecified atom stereocenters. The summed E-state index contributed by atoms with van der Waals surface area (Å²) >= 11 is 0. The second-order valence-corrected chi connectivity index (χ2v) is 15.7. The molecule has 0 heterocycles. The Balaban J connectivity index is 1.32. The van der Waals surface area contributed by atoms with E-state index in [2.05, 4.69) is 48.5 Å². The van der Waals surface area contributed by atoms with Crippen LogP contribution in [-0.2, 0) is 4.74 Å². The number of hydrogen-bond acceptors (Lipinski definition) is 4. The van der Waals surface area contributed by atoms with E-state index in [1.165, 1.54) is 32.1 Å². The maximum absolute atomic E-state index is 11.5. The Morgan fingerprint density at radius 1 is 0.944 bits per heavy atom. The van der Waals surface area contributed by atoms with Crippen LogP contribution in [0.4, 0.5) is 0 Å². The van der Waals surface area contributed by atoms with Gasteiger partial charge in [-0.15, -0.1) is 0 Å². The first kappa shape index (κ1) is 27.4. The lowest BCUT2D eigenvalue weighted by atomic mass is 9.46. The van der Waals surface area contributed by atoms with Crippen LogP contribution in [0.15, 0.2) is 0 Å². The molecule has 5 fully saturated rings. The summed E-state index contributed by atoms with van der Waals surface area (Å²) in [4.78, 5) is 0. The van der Waals surface area contributed by atoms with Crippen molar-refractivity contribution < 1.29 is 20.1 Å². The van der Waals surface area contributed by atoms with E-state index in [9.17, 15) is 15.3 Å². The number of aliphatic hydroxyl groups excluding tert-OH is 3. The van der Waals surface area contributed by atoms with Gasteiger partial charge in [0.25, 0.3) is 0 Å². The van der Waals surface area contributed by atoms with Gasteiger partial charge in [-0.1, -0.05) is 47.5 Å². The first-order valence-electron chi connectivity index (χ1n) is 15.4. The first-order chi connectivity index (χ1) is 16.6. The number of fused-ring (bicyclic) bond motifs is 2. The Labute approximate surface area is 221 Å². The van der Waals surface area contributed by atoms with Gasteiger partial charge >= 0.3 is 0 Å². The Morgan fingerprint density at radius 3 is 2.31 bits per heavy atom. The third kappa shape index (κ3) is 3.59. The molecule has 3 N–H and O–H groups in total. The van der Waals surface area contributed by atoms with Crippen molar-refractivity contribution in [3.05, 3.63) is 0 Å². The zero-order valence-corrected chi connectivity index (χ0v) is 24.5. The van der Waals surface area contributed by atoms with Crippen molar-refractivity contribution in [2.24, 2.45) is 57.2 Å². The zero-order valence-electron chi connectivity index (χ0n) is 24.5. The lowest BCUT2D eigenvalue weighted by Gasteiger charge is -2.59. The van der Waals surface area contributed by atoms with E-state index < -0.39 is 6.29 Å². The van der Waals surface area contributed by atoms with E-state index in [-0.39, 0.29) is 28.6 Å². The SMILES string of the molecule is CC(O)OC(C)(C)CCCC(C)C1C(O)CC2C3CCC4C(C)(C)C(O)CCC45C(C)C35CCC21C. The van der Waals surface area contributed by atoms with Crippen molar-refractivity contribution >= 4 is 0 Å². The molecule has 12 atom stereocenters. The molecule has 0 radical (unpaired) electrons. The van der Waals surface area contributed by atoms with Gasteiger partial charge in [-0.25, -0.2) is 0 Å². The van der Waals surface area contributed by atoms with Crippen LogP contribution in [-0.4, -0.2) is 39.4 Å². The highest BCUT2D eigenvalue weighted by Crippen LogP contribution is 2.89. The van der Waals surface area contributed by atoms with Crippen LogP contribution in [0.1, 0.15) is 120 Å². The summed E-state index contributed by atoms with van der Waals surface area (Å²) in [5, 5.41) is 32.1. The highest BCUT2D eigenvalue weighted by molar-refractivity contribution is 5.32. The fourth-order valence-corrected chi connectivity index (χ4v) is 12.3. The van der Waals surface area contributed by atoms with Gasteiger partial charge in [-0.05, 0) is 129 Å². The summed E-state index contributed by atoms with van der Waals surface area (Å²) in [6.45, 7) is 18.0. The molecule has 5 aliphatic carbocycles. The number of hydrogen-bond donors (Lipinski definition) is 3. The third-order valence-electron chi connectivity index (χ3n) is 13.6. The monoisotopic (exact) mass is 504 g/mol. The molecule has 0 aliphatic heterocycles. The second kappa shape index (κ2) is 8.67. The van der Waals surface area contributed by atoms with E-state index in [1.54, 1.807) is 6.92 Å². The molecule has 0 amide bonds. The van der Waals surface area contributed by atoms with E-state index in [0.29, 0.717) is 34.5 Å². The molecule has 0 saturated heterocycles. The average Bonchev–Trinajstić information content (AvgIpc) is 3.15. The Bertz CT molecular complexity index is 836. The van der Waals surface area contributed by atoms with Crippen LogP contribution < -0.4 is 0 Å². The largest absolute Gasteiger partial charge is 0.393 e. The third-order valence-corrected chi connectivity index (χ3v) is 13.6. The van der Waals surface area contributed by atoms with Gasteiger partial charge in [0.05, 0.1) is 17.8 Å². The summed E-state index contributed by atoms with van der Waals surface area (Å²) in [5.41, 5.74) is 0.837. The molecule has 5 rings (SSSR count). The van der Waals surface area contributed by atoms with Gasteiger partial charge in [0.2, 0.25) is 0 Å². The summed E-state index contributed by atoms with van der Waals surface area (Å²) in [5.74, 6) is 3.69. The van der Waals surface area contributed by atoms with E-state index in [0.717, 1.165) is 43.9 Å². The molecule has 0 bridgehead atoms. The second-order valence-electron chi connectivity index (χ2n) is 15.7. The minimum Gasteiger partial charge on any atom is -0.393 e.